The molecule has 2 heteroatoms. The fraction of sp³-hybridized carbons (Fsp3) is 0.412. The van der Waals surface area contributed by atoms with E-state index in [9.17, 15) is 0 Å². The molecule has 1 aromatic carbocycles. The third kappa shape index (κ3) is 2.59. The van der Waals surface area contributed by atoms with E-state index in [4.69, 9.17) is 4.42 Å². The van der Waals surface area contributed by atoms with Crippen LogP contribution in [0.1, 0.15) is 36.1 Å². The van der Waals surface area contributed by atoms with Gasteiger partial charge in [0, 0.05) is 18.4 Å². The first-order chi connectivity index (χ1) is 9.38. The van der Waals surface area contributed by atoms with Crippen LogP contribution in [0.5, 0.6) is 0 Å². The Hall–Kier alpha value is -1.54. The average molecular weight is 255 g/mol. The third-order valence-electron chi connectivity index (χ3n) is 4.04. The second-order valence-electron chi connectivity index (χ2n) is 5.35. The second-order valence-corrected chi connectivity index (χ2v) is 5.35. The number of hydrogen-bond donors (Lipinski definition) is 1. The van der Waals surface area contributed by atoms with Crippen molar-refractivity contribution < 1.29 is 4.42 Å². The summed E-state index contributed by atoms with van der Waals surface area (Å²) in [6.07, 6.45) is 5.11. The van der Waals surface area contributed by atoms with Crippen LogP contribution in [-0.2, 0) is 12.8 Å². The van der Waals surface area contributed by atoms with Crippen molar-refractivity contribution in [3.05, 3.63) is 59.5 Å². The molecule has 0 radical (unpaired) electrons. The Balaban J connectivity index is 1.73. The Bertz CT molecular complexity index is 518. The van der Waals surface area contributed by atoms with Crippen LogP contribution in [0.4, 0.5) is 0 Å². The van der Waals surface area contributed by atoms with Gasteiger partial charge < -0.3 is 9.73 Å². The van der Waals surface area contributed by atoms with E-state index in [2.05, 4.69) is 42.6 Å². The molecule has 0 fully saturated rings. The van der Waals surface area contributed by atoms with Crippen LogP contribution in [0.25, 0.3) is 0 Å². The highest BCUT2D eigenvalue weighted by Crippen LogP contribution is 2.38. The fourth-order valence-corrected chi connectivity index (χ4v) is 2.99. The van der Waals surface area contributed by atoms with Gasteiger partial charge >= 0.3 is 0 Å². The predicted octanol–water partition coefficient (Wildman–Crippen LogP) is 3.53. The van der Waals surface area contributed by atoms with Gasteiger partial charge in [0.1, 0.15) is 5.76 Å². The molecule has 100 valence electrons. The molecule has 1 heterocycles. The SMILES string of the molecule is CCCNC(Cc1ccco1)C1Cc2ccccc21. The molecule has 1 aromatic heterocycles. The van der Waals surface area contributed by atoms with E-state index in [1.54, 1.807) is 6.26 Å². The Kier molecular flexibility index (Phi) is 3.69. The van der Waals surface area contributed by atoms with Crippen molar-refractivity contribution in [3.63, 3.8) is 0 Å². The molecule has 1 N–H and O–H groups in total. The molecule has 0 saturated heterocycles. The van der Waals surface area contributed by atoms with E-state index >= 15 is 0 Å². The maximum absolute atomic E-state index is 5.51. The lowest BCUT2D eigenvalue weighted by molar-refractivity contribution is 0.369. The van der Waals surface area contributed by atoms with Crippen molar-refractivity contribution in [3.8, 4) is 0 Å². The molecule has 0 bridgehead atoms. The molecule has 2 atom stereocenters. The quantitative estimate of drug-likeness (QED) is 0.854. The van der Waals surface area contributed by atoms with Gasteiger partial charge in [-0.3, -0.25) is 0 Å². The molecule has 3 rings (SSSR count). The summed E-state index contributed by atoms with van der Waals surface area (Å²) in [5, 5.41) is 3.69. The zero-order valence-electron chi connectivity index (χ0n) is 11.4. The minimum atomic E-state index is 0.487. The van der Waals surface area contributed by atoms with E-state index in [0.29, 0.717) is 12.0 Å². The molecule has 2 nitrogen and oxygen atoms in total. The van der Waals surface area contributed by atoms with E-state index in [0.717, 1.165) is 18.7 Å². The van der Waals surface area contributed by atoms with E-state index in [-0.39, 0.29) is 0 Å². The van der Waals surface area contributed by atoms with E-state index in [1.807, 2.05) is 6.07 Å². The van der Waals surface area contributed by atoms with E-state index < -0.39 is 0 Å². The summed E-state index contributed by atoms with van der Waals surface area (Å²) < 4.78 is 5.51. The smallest absolute Gasteiger partial charge is 0.105 e. The average Bonchev–Trinajstić information content (AvgIpc) is 2.90. The maximum atomic E-state index is 5.51. The van der Waals surface area contributed by atoms with Crippen LogP contribution < -0.4 is 5.32 Å². The van der Waals surface area contributed by atoms with Gasteiger partial charge in [-0.2, -0.15) is 0 Å². The zero-order valence-corrected chi connectivity index (χ0v) is 11.4. The Morgan fingerprint density at radius 2 is 2.16 bits per heavy atom. The number of nitrogens with one attached hydrogen (secondary N) is 1. The second kappa shape index (κ2) is 5.62. The normalized spacial score (nSPS) is 18.7. The maximum Gasteiger partial charge on any atom is 0.105 e. The topological polar surface area (TPSA) is 25.2 Å². The minimum Gasteiger partial charge on any atom is -0.469 e. The molecule has 0 aliphatic heterocycles. The van der Waals surface area contributed by atoms with Crippen molar-refractivity contribution in [2.75, 3.05) is 6.54 Å². The highest BCUT2D eigenvalue weighted by molar-refractivity contribution is 5.41. The fourth-order valence-electron chi connectivity index (χ4n) is 2.99. The van der Waals surface area contributed by atoms with Gasteiger partial charge in [-0.1, -0.05) is 31.2 Å². The first-order valence-electron chi connectivity index (χ1n) is 7.22. The van der Waals surface area contributed by atoms with Gasteiger partial charge in [-0.15, -0.1) is 0 Å². The van der Waals surface area contributed by atoms with Crippen LogP contribution >= 0.6 is 0 Å². The molecule has 1 aliphatic carbocycles. The molecule has 0 saturated carbocycles. The molecule has 2 unspecified atom stereocenters. The van der Waals surface area contributed by atoms with Crippen LogP contribution in [0.3, 0.4) is 0 Å². The van der Waals surface area contributed by atoms with Crippen molar-refractivity contribution in [1.29, 1.82) is 0 Å². The lowest BCUT2D eigenvalue weighted by atomic mass is 9.72. The lowest BCUT2D eigenvalue weighted by Crippen LogP contribution is -2.41. The first kappa shape index (κ1) is 12.5. The van der Waals surface area contributed by atoms with Gasteiger partial charge in [-0.25, -0.2) is 0 Å². The number of hydrogen-bond acceptors (Lipinski definition) is 2. The highest BCUT2D eigenvalue weighted by atomic mass is 16.3. The van der Waals surface area contributed by atoms with Crippen LogP contribution in [-0.4, -0.2) is 12.6 Å². The molecular formula is C17H21NO. The van der Waals surface area contributed by atoms with Gasteiger partial charge in [0.25, 0.3) is 0 Å². The number of rotatable bonds is 6. The Morgan fingerprint density at radius 3 is 2.89 bits per heavy atom. The summed E-state index contributed by atoms with van der Waals surface area (Å²) >= 11 is 0. The van der Waals surface area contributed by atoms with Gasteiger partial charge in [0.2, 0.25) is 0 Å². The monoisotopic (exact) mass is 255 g/mol. The summed E-state index contributed by atoms with van der Waals surface area (Å²) in [6, 6.07) is 13.3. The molecule has 0 amide bonds. The van der Waals surface area contributed by atoms with Crippen LogP contribution in [0.15, 0.2) is 47.1 Å². The predicted molar refractivity (Wildman–Crippen MR) is 77.4 cm³/mol. The van der Waals surface area contributed by atoms with Crippen molar-refractivity contribution in [1.82, 2.24) is 5.32 Å². The number of fused-ring (bicyclic) bond motifs is 1. The van der Waals surface area contributed by atoms with Gasteiger partial charge in [0.05, 0.1) is 6.26 Å². The largest absolute Gasteiger partial charge is 0.469 e. The summed E-state index contributed by atoms with van der Waals surface area (Å²) in [7, 11) is 0. The van der Waals surface area contributed by atoms with E-state index in [1.165, 1.54) is 24.0 Å². The summed E-state index contributed by atoms with van der Waals surface area (Å²) in [5.41, 5.74) is 3.03. The lowest BCUT2D eigenvalue weighted by Gasteiger charge is -2.37. The zero-order chi connectivity index (χ0) is 13.1. The Labute approximate surface area is 114 Å². The van der Waals surface area contributed by atoms with Crippen molar-refractivity contribution >= 4 is 0 Å². The molecule has 1 aliphatic rings. The standard InChI is InChI=1S/C17H21NO/c1-2-9-18-17(12-14-7-5-10-19-14)16-11-13-6-3-4-8-15(13)16/h3-8,10,16-18H,2,9,11-12H2,1H3. The van der Waals surface area contributed by atoms with Gasteiger partial charge in [0.15, 0.2) is 0 Å². The summed E-state index contributed by atoms with van der Waals surface area (Å²) in [5.74, 6) is 1.71. The van der Waals surface area contributed by atoms with Crippen molar-refractivity contribution in [2.45, 2.75) is 38.1 Å². The minimum absolute atomic E-state index is 0.487. The summed E-state index contributed by atoms with van der Waals surface area (Å²) in [4.78, 5) is 0. The van der Waals surface area contributed by atoms with Crippen LogP contribution in [0, 0.1) is 0 Å². The molecule has 2 aromatic rings. The Morgan fingerprint density at radius 1 is 1.26 bits per heavy atom. The third-order valence-corrected chi connectivity index (χ3v) is 4.04. The summed E-state index contributed by atoms with van der Waals surface area (Å²) in [6.45, 7) is 3.29. The molecular weight excluding hydrogens is 234 g/mol. The highest BCUT2D eigenvalue weighted by Gasteiger charge is 2.32. The molecule has 19 heavy (non-hydrogen) atoms. The van der Waals surface area contributed by atoms with Crippen LogP contribution in [0.2, 0.25) is 0 Å². The van der Waals surface area contributed by atoms with Crippen molar-refractivity contribution in [2.24, 2.45) is 0 Å². The first-order valence-corrected chi connectivity index (χ1v) is 7.22. The van der Waals surface area contributed by atoms with Gasteiger partial charge in [-0.05, 0) is 42.6 Å². The number of benzene rings is 1. The molecule has 0 spiro atoms. The number of furan rings is 1.